The van der Waals surface area contributed by atoms with Crippen molar-refractivity contribution in [2.24, 2.45) is 0 Å². The first-order valence-corrected chi connectivity index (χ1v) is 7.95. The first-order chi connectivity index (χ1) is 12.4. The van der Waals surface area contributed by atoms with Gasteiger partial charge < -0.3 is 10.1 Å². The maximum Gasteiger partial charge on any atom is 0.417 e. The summed E-state index contributed by atoms with van der Waals surface area (Å²) >= 11 is 0. The number of hydrogen-bond acceptors (Lipinski definition) is 2. The predicted octanol–water partition coefficient (Wildman–Crippen LogP) is 3.81. The third-order valence-electron chi connectivity index (χ3n) is 3.63. The van der Waals surface area contributed by atoms with E-state index in [1.165, 1.54) is 18.2 Å². The van der Waals surface area contributed by atoms with Crippen molar-refractivity contribution in [1.29, 1.82) is 0 Å². The van der Waals surface area contributed by atoms with Crippen molar-refractivity contribution < 1.29 is 22.7 Å². The largest absolute Gasteiger partial charge is 0.497 e. The maximum absolute atomic E-state index is 12.8. The van der Waals surface area contributed by atoms with Crippen molar-refractivity contribution in [3.63, 3.8) is 0 Å². The molecule has 6 heteroatoms. The molecule has 0 atom stereocenters. The third kappa shape index (κ3) is 5.85. The normalized spacial score (nSPS) is 10.6. The highest BCUT2D eigenvalue weighted by molar-refractivity contribution is 5.76. The Kier molecular flexibility index (Phi) is 6.67. The van der Waals surface area contributed by atoms with Crippen LogP contribution in [0.15, 0.2) is 48.5 Å². The van der Waals surface area contributed by atoms with E-state index in [1.54, 1.807) is 7.11 Å². The summed E-state index contributed by atoms with van der Waals surface area (Å²) in [5.41, 5.74) is 0.108. The van der Waals surface area contributed by atoms with Crippen LogP contribution in [-0.4, -0.2) is 19.6 Å². The minimum atomic E-state index is -4.45. The molecule has 1 amide bonds. The van der Waals surface area contributed by atoms with Gasteiger partial charge in [-0.15, -0.1) is 0 Å². The van der Waals surface area contributed by atoms with Gasteiger partial charge in [-0.3, -0.25) is 4.79 Å². The van der Waals surface area contributed by atoms with E-state index in [0.29, 0.717) is 6.42 Å². The number of alkyl halides is 3. The molecule has 0 aliphatic rings. The number of methoxy groups -OCH3 is 1. The van der Waals surface area contributed by atoms with Crippen molar-refractivity contribution in [1.82, 2.24) is 5.32 Å². The average molecular weight is 361 g/mol. The lowest BCUT2D eigenvalue weighted by atomic mass is 10.1. The lowest BCUT2D eigenvalue weighted by Gasteiger charge is -2.08. The molecule has 3 nitrogen and oxygen atoms in total. The summed E-state index contributed by atoms with van der Waals surface area (Å²) in [6, 6.07) is 12.5. The Morgan fingerprint density at radius 2 is 1.81 bits per heavy atom. The van der Waals surface area contributed by atoms with Gasteiger partial charge in [0.15, 0.2) is 0 Å². The molecular weight excluding hydrogens is 343 g/mol. The zero-order chi connectivity index (χ0) is 19.0. The highest BCUT2D eigenvalue weighted by Crippen LogP contribution is 2.31. The smallest absolute Gasteiger partial charge is 0.417 e. The highest BCUT2D eigenvalue weighted by Gasteiger charge is 2.32. The molecule has 0 saturated carbocycles. The molecule has 0 aromatic heterocycles. The van der Waals surface area contributed by atoms with Gasteiger partial charge in [-0.1, -0.05) is 36.1 Å². The van der Waals surface area contributed by atoms with Crippen LogP contribution in [-0.2, 0) is 17.4 Å². The lowest BCUT2D eigenvalue weighted by Crippen LogP contribution is -2.23. The number of carbonyl (C=O) groups is 1. The maximum atomic E-state index is 12.8. The summed E-state index contributed by atoms with van der Waals surface area (Å²) in [7, 11) is 1.58. The molecule has 2 rings (SSSR count). The van der Waals surface area contributed by atoms with Crippen LogP contribution >= 0.6 is 0 Å². The molecule has 0 heterocycles. The van der Waals surface area contributed by atoms with Crippen LogP contribution in [0.1, 0.15) is 23.1 Å². The van der Waals surface area contributed by atoms with Crippen LogP contribution in [0.25, 0.3) is 0 Å². The topological polar surface area (TPSA) is 38.3 Å². The Morgan fingerprint density at radius 3 is 2.46 bits per heavy atom. The fraction of sp³-hybridized carbons (Fsp3) is 0.250. The second kappa shape index (κ2) is 8.95. The van der Waals surface area contributed by atoms with E-state index in [4.69, 9.17) is 4.74 Å². The van der Waals surface area contributed by atoms with Crippen LogP contribution in [0.5, 0.6) is 5.75 Å². The Morgan fingerprint density at radius 1 is 1.12 bits per heavy atom. The molecule has 2 aromatic carbocycles. The van der Waals surface area contributed by atoms with Crippen LogP contribution in [0.4, 0.5) is 13.2 Å². The fourth-order valence-electron chi connectivity index (χ4n) is 2.26. The number of rotatable bonds is 5. The average Bonchev–Trinajstić information content (AvgIpc) is 2.63. The molecule has 0 spiro atoms. The molecule has 0 unspecified atom stereocenters. The quantitative estimate of drug-likeness (QED) is 0.823. The highest BCUT2D eigenvalue weighted by atomic mass is 19.4. The molecule has 0 bridgehead atoms. The predicted molar refractivity (Wildman–Crippen MR) is 92.6 cm³/mol. The van der Waals surface area contributed by atoms with Crippen molar-refractivity contribution in [2.75, 3.05) is 13.7 Å². The molecule has 0 saturated heterocycles. The molecule has 26 heavy (non-hydrogen) atoms. The molecule has 136 valence electrons. The van der Waals surface area contributed by atoms with E-state index in [-0.39, 0.29) is 24.4 Å². The number of ether oxygens (including phenoxy) is 1. The summed E-state index contributed by atoms with van der Waals surface area (Å²) in [6.07, 6.45) is -3.62. The molecule has 0 aliphatic heterocycles. The Balaban J connectivity index is 1.83. The van der Waals surface area contributed by atoms with Crippen LogP contribution in [0.2, 0.25) is 0 Å². The van der Waals surface area contributed by atoms with E-state index in [9.17, 15) is 18.0 Å². The third-order valence-corrected chi connectivity index (χ3v) is 3.63. The Hall–Kier alpha value is -2.94. The van der Waals surface area contributed by atoms with Crippen molar-refractivity contribution >= 4 is 5.91 Å². The Labute approximate surface area is 150 Å². The van der Waals surface area contributed by atoms with Gasteiger partial charge in [0.2, 0.25) is 5.91 Å². The summed E-state index contributed by atoms with van der Waals surface area (Å²) < 4.78 is 43.6. The monoisotopic (exact) mass is 361 g/mol. The summed E-state index contributed by atoms with van der Waals surface area (Å²) in [6.45, 7) is -0.00631. The number of carbonyl (C=O) groups excluding carboxylic acids is 1. The number of nitrogens with one attached hydrogen (secondary N) is 1. The first kappa shape index (κ1) is 19.4. The van der Waals surface area contributed by atoms with Crippen LogP contribution in [0, 0.1) is 11.8 Å². The first-order valence-electron chi connectivity index (χ1n) is 7.95. The van der Waals surface area contributed by atoms with Gasteiger partial charge in [0.1, 0.15) is 5.75 Å². The molecule has 0 aliphatic carbocycles. The van der Waals surface area contributed by atoms with E-state index < -0.39 is 11.7 Å². The van der Waals surface area contributed by atoms with Crippen molar-refractivity contribution in [3.05, 3.63) is 65.2 Å². The number of hydrogen-bond donors (Lipinski definition) is 1. The standard InChI is InChI=1S/C20H18F3NO2/c1-26-17-11-8-15(9-12-17)10-13-19(25)24-14-4-6-16-5-2-3-7-18(16)20(21,22)23/h2-3,5,7-9,11-12H,10,13-14H2,1H3,(H,24,25). The number of amides is 1. The minimum Gasteiger partial charge on any atom is -0.497 e. The summed E-state index contributed by atoms with van der Waals surface area (Å²) in [5, 5.41) is 2.59. The second-order valence-electron chi connectivity index (χ2n) is 5.47. The zero-order valence-corrected chi connectivity index (χ0v) is 14.2. The van der Waals surface area contributed by atoms with E-state index in [1.807, 2.05) is 24.3 Å². The van der Waals surface area contributed by atoms with Gasteiger partial charge in [-0.05, 0) is 36.2 Å². The fourth-order valence-corrected chi connectivity index (χ4v) is 2.26. The summed E-state index contributed by atoms with van der Waals surface area (Å²) in [5.74, 6) is 5.56. The molecule has 0 fully saturated rings. The molecular formula is C20H18F3NO2. The minimum absolute atomic E-state index is 0.00631. The van der Waals surface area contributed by atoms with Gasteiger partial charge in [0.25, 0.3) is 0 Å². The van der Waals surface area contributed by atoms with Gasteiger partial charge in [-0.25, -0.2) is 0 Å². The van der Waals surface area contributed by atoms with Crippen LogP contribution < -0.4 is 10.1 Å². The van der Waals surface area contributed by atoms with Gasteiger partial charge in [0, 0.05) is 12.0 Å². The van der Waals surface area contributed by atoms with Crippen molar-refractivity contribution in [2.45, 2.75) is 19.0 Å². The van der Waals surface area contributed by atoms with E-state index in [0.717, 1.165) is 17.4 Å². The SMILES string of the molecule is COc1ccc(CCC(=O)NCC#Cc2ccccc2C(F)(F)F)cc1. The van der Waals surface area contributed by atoms with Crippen molar-refractivity contribution in [3.8, 4) is 17.6 Å². The summed E-state index contributed by atoms with van der Waals surface area (Å²) in [4.78, 5) is 11.8. The van der Waals surface area contributed by atoms with E-state index >= 15 is 0 Å². The number of benzene rings is 2. The van der Waals surface area contributed by atoms with Gasteiger partial charge in [-0.2, -0.15) is 13.2 Å². The number of halogens is 3. The van der Waals surface area contributed by atoms with Gasteiger partial charge in [0.05, 0.1) is 19.2 Å². The molecule has 1 N–H and O–H groups in total. The Bertz CT molecular complexity index is 802. The molecule has 2 aromatic rings. The van der Waals surface area contributed by atoms with Gasteiger partial charge >= 0.3 is 6.18 Å². The van der Waals surface area contributed by atoms with Crippen LogP contribution in [0.3, 0.4) is 0 Å². The number of aryl methyl sites for hydroxylation is 1. The molecule has 0 radical (unpaired) electrons. The second-order valence-corrected chi connectivity index (χ2v) is 5.47. The van der Waals surface area contributed by atoms with E-state index in [2.05, 4.69) is 17.2 Å². The lowest BCUT2D eigenvalue weighted by molar-refractivity contribution is -0.137. The zero-order valence-electron chi connectivity index (χ0n) is 14.2.